The molecule has 44 heavy (non-hydrogen) atoms. The Morgan fingerprint density at radius 1 is 0.614 bits per heavy atom. The van der Waals surface area contributed by atoms with Crippen LogP contribution in [0.4, 0.5) is 11.4 Å². The van der Waals surface area contributed by atoms with Gasteiger partial charge in [-0.1, -0.05) is 87.9 Å². The van der Waals surface area contributed by atoms with Gasteiger partial charge in [0.15, 0.2) is 0 Å². The lowest BCUT2D eigenvalue weighted by Crippen LogP contribution is -2.32. The Kier molecular flexibility index (Phi) is 11.2. The van der Waals surface area contributed by atoms with Gasteiger partial charge in [-0.3, -0.25) is 9.59 Å². The van der Waals surface area contributed by atoms with E-state index in [2.05, 4.69) is 42.6 Å². The van der Waals surface area contributed by atoms with Crippen molar-refractivity contribution in [2.24, 2.45) is 0 Å². The van der Waals surface area contributed by atoms with Crippen LogP contribution in [-0.2, 0) is 0 Å². The molecule has 0 aliphatic carbocycles. The Hall–Kier alpha value is -4.00. The van der Waals surface area contributed by atoms with E-state index in [0.717, 1.165) is 34.7 Å². The molecule has 0 saturated heterocycles. The van der Waals surface area contributed by atoms with E-state index in [1.807, 2.05) is 77.7 Å². The topological polar surface area (TPSA) is 40.6 Å². The number of amides is 2. The van der Waals surface area contributed by atoms with Gasteiger partial charge in [0.25, 0.3) is 11.8 Å². The maximum Gasteiger partial charge on any atom is 0.258 e. The van der Waals surface area contributed by atoms with Crippen molar-refractivity contribution in [3.05, 3.63) is 120 Å². The predicted molar refractivity (Wildman–Crippen MR) is 188 cm³/mol. The summed E-state index contributed by atoms with van der Waals surface area (Å²) in [5.74, 6) is -0.161. The van der Waals surface area contributed by atoms with Crippen molar-refractivity contribution in [2.75, 3.05) is 23.4 Å². The quantitative estimate of drug-likeness (QED) is 0.116. The highest BCUT2D eigenvalue weighted by Crippen LogP contribution is 2.38. The van der Waals surface area contributed by atoms with Crippen LogP contribution in [0.25, 0.3) is 20.2 Å². The Balaban J connectivity index is 1.52. The number of hydrogen-bond acceptors (Lipinski definition) is 4. The van der Waals surface area contributed by atoms with Crippen LogP contribution in [0.3, 0.4) is 0 Å². The zero-order chi connectivity index (χ0) is 30.7. The SMILES string of the molecule is CCCCCCCCCN(C(=O)c1ccccc1)c1cc(C(=O)N(C)c2ccccc2)cc(-c2ccc(-c3cccs3)s2)c1. The van der Waals surface area contributed by atoms with E-state index in [1.54, 1.807) is 34.6 Å². The summed E-state index contributed by atoms with van der Waals surface area (Å²) in [6, 6.07) is 33.5. The van der Waals surface area contributed by atoms with Crippen LogP contribution in [0.15, 0.2) is 109 Å². The first kappa shape index (κ1) is 31.4. The van der Waals surface area contributed by atoms with E-state index in [4.69, 9.17) is 0 Å². The van der Waals surface area contributed by atoms with Gasteiger partial charge in [-0.25, -0.2) is 0 Å². The van der Waals surface area contributed by atoms with Gasteiger partial charge in [0.1, 0.15) is 0 Å². The number of hydrogen-bond donors (Lipinski definition) is 0. The minimum absolute atomic E-state index is 0.0472. The number of nitrogens with zero attached hydrogens (tertiary/aromatic N) is 2. The Morgan fingerprint density at radius 2 is 1.30 bits per heavy atom. The summed E-state index contributed by atoms with van der Waals surface area (Å²) in [4.78, 5) is 35.0. The molecular weight excluding hydrogens is 581 g/mol. The molecule has 5 rings (SSSR count). The normalized spacial score (nSPS) is 11.0. The smallest absolute Gasteiger partial charge is 0.258 e. The summed E-state index contributed by atoms with van der Waals surface area (Å²) >= 11 is 3.42. The molecule has 0 aliphatic heterocycles. The molecular formula is C38H40N2O2S2. The summed E-state index contributed by atoms with van der Waals surface area (Å²) < 4.78 is 0. The number of thiophene rings is 2. The highest BCUT2D eigenvalue weighted by molar-refractivity contribution is 7.23. The van der Waals surface area contributed by atoms with Gasteiger partial charge in [-0.05, 0) is 78.0 Å². The molecule has 3 aromatic carbocycles. The van der Waals surface area contributed by atoms with E-state index < -0.39 is 0 Å². The number of benzene rings is 3. The maximum atomic E-state index is 14.0. The minimum atomic E-state index is -0.114. The average molecular weight is 621 g/mol. The van der Waals surface area contributed by atoms with Crippen molar-refractivity contribution in [3.8, 4) is 20.2 Å². The maximum absolute atomic E-state index is 14.0. The van der Waals surface area contributed by atoms with E-state index in [-0.39, 0.29) is 11.8 Å². The lowest BCUT2D eigenvalue weighted by Gasteiger charge is -2.25. The lowest BCUT2D eigenvalue weighted by molar-refractivity contribution is 0.0978. The average Bonchev–Trinajstić information content (AvgIpc) is 3.79. The fourth-order valence-electron chi connectivity index (χ4n) is 5.35. The molecule has 5 aromatic rings. The molecule has 0 N–H and O–H groups in total. The van der Waals surface area contributed by atoms with E-state index in [0.29, 0.717) is 17.7 Å². The first-order valence-corrected chi connectivity index (χ1v) is 17.2. The van der Waals surface area contributed by atoms with Crippen LogP contribution in [0.5, 0.6) is 0 Å². The number of rotatable bonds is 14. The number of carbonyl (C=O) groups excluding carboxylic acids is 2. The number of para-hydroxylation sites is 1. The summed E-state index contributed by atoms with van der Waals surface area (Å²) in [5.41, 5.74) is 3.70. The third-order valence-corrected chi connectivity index (χ3v) is 10.0. The zero-order valence-corrected chi connectivity index (χ0v) is 27.2. The van der Waals surface area contributed by atoms with Crippen LogP contribution < -0.4 is 9.80 Å². The molecule has 0 saturated carbocycles. The van der Waals surface area contributed by atoms with E-state index in [9.17, 15) is 9.59 Å². The molecule has 0 aliphatic rings. The molecule has 0 unspecified atom stereocenters. The first-order chi connectivity index (χ1) is 21.5. The Morgan fingerprint density at radius 3 is 2.00 bits per heavy atom. The van der Waals surface area contributed by atoms with Gasteiger partial charge in [-0.15, -0.1) is 22.7 Å². The molecule has 0 bridgehead atoms. The Bertz CT molecular complexity index is 1630. The monoisotopic (exact) mass is 620 g/mol. The zero-order valence-electron chi connectivity index (χ0n) is 25.6. The summed E-state index contributed by atoms with van der Waals surface area (Å²) in [6.07, 6.45) is 8.14. The van der Waals surface area contributed by atoms with Gasteiger partial charge >= 0.3 is 0 Å². The molecule has 2 aromatic heterocycles. The molecule has 2 heterocycles. The second-order valence-corrected chi connectivity index (χ2v) is 13.1. The van der Waals surface area contributed by atoms with Gasteiger partial charge < -0.3 is 9.80 Å². The lowest BCUT2D eigenvalue weighted by atomic mass is 10.0. The second kappa shape index (κ2) is 15.6. The van der Waals surface area contributed by atoms with Gasteiger partial charge in [0.2, 0.25) is 0 Å². The molecule has 0 fully saturated rings. The third-order valence-electron chi connectivity index (χ3n) is 7.83. The van der Waals surface area contributed by atoms with Crippen LogP contribution in [0, 0.1) is 0 Å². The van der Waals surface area contributed by atoms with Crippen molar-refractivity contribution < 1.29 is 9.59 Å². The van der Waals surface area contributed by atoms with Gasteiger partial charge in [-0.2, -0.15) is 0 Å². The first-order valence-electron chi connectivity index (χ1n) is 15.5. The van der Waals surface area contributed by atoms with Crippen LogP contribution in [0.2, 0.25) is 0 Å². The molecule has 6 heteroatoms. The highest BCUT2D eigenvalue weighted by atomic mass is 32.1. The Labute approximate surface area is 269 Å². The minimum Gasteiger partial charge on any atom is -0.311 e. The van der Waals surface area contributed by atoms with Crippen LogP contribution in [0.1, 0.15) is 72.6 Å². The van der Waals surface area contributed by atoms with Crippen LogP contribution in [-0.4, -0.2) is 25.4 Å². The third kappa shape index (κ3) is 7.93. The van der Waals surface area contributed by atoms with Crippen LogP contribution >= 0.6 is 22.7 Å². The van der Waals surface area contributed by atoms with E-state index >= 15 is 0 Å². The fraction of sp³-hybridized carbons (Fsp3) is 0.263. The number of unbranched alkanes of at least 4 members (excludes halogenated alkanes) is 6. The summed E-state index contributed by atoms with van der Waals surface area (Å²) in [7, 11) is 1.80. The van der Waals surface area contributed by atoms with Crippen molar-refractivity contribution in [1.82, 2.24) is 0 Å². The predicted octanol–water partition coefficient (Wildman–Crippen LogP) is 10.8. The van der Waals surface area contributed by atoms with Crippen molar-refractivity contribution in [1.29, 1.82) is 0 Å². The van der Waals surface area contributed by atoms with Gasteiger partial charge in [0, 0.05) is 50.7 Å². The second-order valence-electron chi connectivity index (χ2n) is 11.1. The van der Waals surface area contributed by atoms with Crippen molar-refractivity contribution in [3.63, 3.8) is 0 Å². The fourth-order valence-corrected chi connectivity index (χ4v) is 7.18. The number of anilines is 2. The highest BCUT2D eigenvalue weighted by Gasteiger charge is 2.22. The molecule has 4 nitrogen and oxygen atoms in total. The van der Waals surface area contributed by atoms with Gasteiger partial charge in [0.05, 0.1) is 0 Å². The summed E-state index contributed by atoms with van der Waals surface area (Å²) in [5, 5.41) is 2.09. The standard InChI is InChI=1S/C38H40N2O2S2/c1-3-4-5-6-7-8-15-24-40(38(42)29-17-11-9-12-18-29)33-27-30(34-22-23-36(44-34)35-21-16-25-43-35)26-31(28-33)37(41)39(2)32-19-13-10-14-20-32/h9-14,16-23,25-28H,3-8,15,24H2,1-2H3. The molecule has 226 valence electrons. The molecule has 0 radical (unpaired) electrons. The van der Waals surface area contributed by atoms with E-state index in [1.165, 1.54) is 41.9 Å². The largest absolute Gasteiger partial charge is 0.311 e. The molecule has 0 spiro atoms. The molecule has 2 amide bonds. The molecule has 0 atom stereocenters. The summed E-state index contributed by atoms with van der Waals surface area (Å²) in [6.45, 7) is 2.83. The van der Waals surface area contributed by atoms with Crippen molar-refractivity contribution in [2.45, 2.75) is 51.9 Å². The number of carbonyl (C=O) groups is 2. The van der Waals surface area contributed by atoms with Crippen molar-refractivity contribution >= 4 is 45.9 Å².